The number of likely N-dealkylation sites (N-methyl/N-ethyl adjacent to an activating group) is 1. The van der Waals surface area contributed by atoms with E-state index in [1.54, 1.807) is 0 Å². The van der Waals surface area contributed by atoms with Gasteiger partial charge in [0.1, 0.15) is 0 Å². The highest BCUT2D eigenvalue weighted by Crippen LogP contribution is 1.87. The molecule has 0 aromatic carbocycles. The van der Waals surface area contributed by atoms with Gasteiger partial charge in [0.25, 0.3) is 0 Å². The van der Waals surface area contributed by atoms with Gasteiger partial charge in [0.15, 0.2) is 0 Å². The van der Waals surface area contributed by atoms with Crippen LogP contribution in [0.15, 0.2) is 12.2 Å². The van der Waals surface area contributed by atoms with E-state index in [-0.39, 0.29) is 0 Å². The van der Waals surface area contributed by atoms with Gasteiger partial charge in [-0.2, -0.15) is 0 Å². The molecule has 0 aliphatic rings. The average molecular weight is 270 g/mol. The van der Waals surface area contributed by atoms with Gasteiger partial charge in [0.2, 0.25) is 0 Å². The largest absolute Gasteiger partial charge is 0.320 e. The Morgan fingerprint density at radius 1 is 0.684 bits per heavy atom. The highest BCUT2D eigenvalue weighted by Gasteiger charge is 1.90. The highest BCUT2D eigenvalue weighted by atomic mass is 14.9. The molecule has 0 spiro atoms. The van der Waals surface area contributed by atoms with Gasteiger partial charge >= 0.3 is 0 Å². The van der Waals surface area contributed by atoms with Crippen molar-refractivity contribution in [3.8, 4) is 0 Å². The van der Waals surface area contributed by atoms with Crippen molar-refractivity contribution in [1.82, 2.24) is 21.3 Å². The van der Waals surface area contributed by atoms with Gasteiger partial charge in [-0.3, -0.25) is 0 Å². The summed E-state index contributed by atoms with van der Waals surface area (Å²) >= 11 is 0. The molecular weight excluding hydrogens is 236 g/mol. The molecule has 0 atom stereocenters. The lowest BCUT2D eigenvalue weighted by Gasteiger charge is -2.05. The summed E-state index contributed by atoms with van der Waals surface area (Å²) < 4.78 is 0. The molecule has 0 saturated heterocycles. The van der Waals surface area contributed by atoms with Crippen molar-refractivity contribution in [3.63, 3.8) is 0 Å². The molecule has 0 amide bonds. The van der Waals surface area contributed by atoms with E-state index in [2.05, 4.69) is 40.3 Å². The van der Waals surface area contributed by atoms with Crippen LogP contribution in [0.2, 0.25) is 0 Å². The first-order valence-electron chi connectivity index (χ1n) is 7.83. The first-order chi connectivity index (χ1) is 9.41. The SMILES string of the molecule is CCNC/C=C\CNCCCCNCCCCNC. The molecule has 0 fully saturated rings. The van der Waals surface area contributed by atoms with Gasteiger partial charge in [-0.15, -0.1) is 0 Å². The van der Waals surface area contributed by atoms with Crippen molar-refractivity contribution in [2.75, 3.05) is 52.9 Å². The van der Waals surface area contributed by atoms with Crippen LogP contribution in [0, 0.1) is 0 Å². The van der Waals surface area contributed by atoms with Gasteiger partial charge in [-0.25, -0.2) is 0 Å². The molecule has 0 aliphatic heterocycles. The van der Waals surface area contributed by atoms with E-state index < -0.39 is 0 Å². The zero-order valence-electron chi connectivity index (χ0n) is 12.9. The Kier molecular flexibility index (Phi) is 17.2. The molecule has 114 valence electrons. The predicted octanol–water partition coefficient (Wildman–Crippen LogP) is 1.11. The van der Waals surface area contributed by atoms with E-state index in [0.717, 1.165) is 45.8 Å². The molecule has 0 radical (unpaired) electrons. The van der Waals surface area contributed by atoms with Crippen LogP contribution in [0.25, 0.3) is 0 Å². The van der Waals surface area contributed by atoms with Crippen LogP contribution in [0.3, 0.4) is 0 Å². The summed E-state index contributed by atoms with van der Waals surface area (Å²) in [4.78, 5) is 0. The Bertz CT molecular complexity index is 183. The first-order valence-corrected chi connectivity index (χ1v) is 7.83. The summed E-state index contributed by atoms with van der Waals surface area (Å²) in [6, 6.07) is 0. The van der Waals surface area contributed by atoms with Crippen LogP contribution in [-0.2, 0) is 0 Å². The molecule has 0 aromatic heterocycles. The van der Waals surface area contributed by atoms with Gasteiger partial charge < -0.3 is 21.3 Å². The van der Waals surface area contributed by atoms with Crippen molar-refractivity contribution in [2.45, 2.75) is 32.6 Å². The lowest BCUT2D eigenvalue weighted by molar-refractivity contribution is 0.569. The molecule has 0 aliphatic carbocycles. The Morgan fingerprint density at radius 2 is 1.21 bits per heavy atom. The molecule has 0 heterocycles. The fraction of sp³-hybridized carbons (Fsp3) is 0.867. The van der Waals surface area contributed by atoms with Crippen LogP contribution in [-0.4, -0.2) is 52.9 Å². The monoisotopic (exact) mass is 270 g/mol. The Hall–Kier alpha value is -0.420. The first kappa shape index (κ1) is 18.6. The molecule has 0 bridgehead atoms. The molecule has 0 saturated carbocycles. The maximum Gasteiger partial charge on any atom is 0.0135 e. The number of unbranched alkanes of at least 4 members (excludes halogenated alkanes) is 2. The van der Waals surface area contributed by atoms with Gasteiger partial charge in [0.05, 0.1) is 0 Å². The zero-order valence-corrected chi connectivity index (χ0v) is 12.9. The molecule has 0 aromatic rings. The average Bonchev–Trinajstić information content (AvgIpc) is 2.43. The minimum absolute atomic E-state index is 0.982. The molecule has 4 nitrogen and oxygen atoms in total. The molecule has 4 heteroatoms. The Balaban J connectivity index is 2.97. The maximum atomic E-state index is 3.49. The van der Waals surface area contributed by atoms with E-state index in [4.69, 9.17) is 0 Å². The van der Waals surface area contributed by atoms with E-state index in [1.165, 1.54) is 25.7 Å². The third-order valence-electron chi connectivity index (χ3n) is 2.93. The molecule has 0 rings (SSSR count). The van der Waals surface area contributed by atoms with Gasteiger partial charge in [-0.1, -0.05) is 19.1 Å². The predicted molar refractivity (Wildman–Crippen MR) is 85.8 cm³/mol. The Morgan fingerprint density at radius 3 is 1.79 bits per heavy atom. The lowest BCUT2D eigenvalue weighted by Crippen LogP contribution is -2.20. The second kappa shape index (κ2) is 17.6. The van der Waals surface area contributed by atoms with Crippen molar-refractivity contribution in [2.24, 2.45) is 0 Å². The fourth-order valence-electron chi connectivity index (χ4n) is 1.76. The third-order valence-corrected chi connectivity index (χ3v) is 2.93. The second-order valence-corrected chi connectivity index (χ2v) is 4.75. The summed E-state index contributed by atoms with van der Waals surface area (Å²) in [5.41, 5.74) is 0. The van der Waals surface area contributed by atoms with Crippen LogP contribution >= 0.6 is 0 Å². The van der Waals surface area contributed by atoms with Crippen molar-refractivity contribution in [1.29, 1.82) is 0 Å². The second-order valence-electron chi connectivity index (χ2n) is 4.75. The quantitative estimate of drug-likeness (QED) is 0.266. The molecule has 4 N–H and O–H groups in total. The molecule has 0 unspecified atom stereocenters. The van der Waals surface area contributed by atoms with Crippen molar-refractivity contribution < 1.29 is 0 Å². The van der Waals surface area contributed by atoms with Crippen LogP contribution in [0.4, 0.5) is 0 Å². The van der Waals surface area contributed by atoms with E-state index >= 15 is 0 Å². The van der Waals surface area contributed by atoms with Crippen LogP contribution in [0.1, 0.15) is 32.6 Å². The van der Waals surface area contributed by atoms with Crippen molar-refractivity contribution >= 4 is 0 Å². The normalized spacial score (nSPS) is 11.5. The number of hydrogen-bond donors (Lipinski definition) is 4. The van der Waals surface area contributed by atoms with Crippen LogP contribution in [0.5, 0.6) is 0 Å². The molecule has 19 heavy (non-hydrogen) atoms. The minimum Gasteiger partial charge on any atom is -0.320 e. The van der Waals surface area contributed by atoms with Crippen LogP contribution < -0.4 is 21.3 Å². The van der Waals surface area contributed by atoms with Crippen molar-refractivity contribution in [3.05, 3.63) is 12.2 Å². The third kappa shape index (κ3) is 17.6. The van der Waals surface area contributed by atoms with Gasteiger partial charge in [-0.05, 0) is 65.5 Å². The fourth-order valence-corrected chi connectivity index (χ4v) is 1.76. The highest BCUT2D eigenvalue weighted by molar-refractivity contribution is 4.85. The summed E-state index contributed by atoms with van der Waals surface area (Å²) in [6.45, 7) is 9.69. The minimum atomic E-state index is 0.982. The summed E-state index contributed by atoms with van der Waals surface area (Å²) in [5.74, 6) is 0. The summed E-state index contributed by atoms with van der Waals surface area (Å²) in [6.07, 6.45) is 9.44. The topological polar surface area (TPSA) is 48.1 Å². The van der Waals surface area contributed by atoms with E-state index in [1.807, 2.05) is 7.05 Å². The standard InChI is InChI=1S/C15H34N4/c1-3-17-11-6-7-13-19-15-9-8-14-18-12-5-4-10-16-2/h6-7,16-19H,3-5,8-15H2,1-2H3/b7-6-. The smallest absolute Gasteiger partial charge is 0.0135 e. The van der Waals surface area contributed by atoms with Gasteiger partial charge in [0, 0.05) is 13.1 Å². The van der Waals surface area contributed by atoms with E-state index in [0.29, 0.717) is 0 Å². The number of rotatable bonds is 15. The summed E-state index contributed by atoms with van der Waals surface area (Å²) in [7, 11) is 2.01. The zero-order chi connectivity index (χ0) is 14.0. The lowest BCUT2D eigenvalue weighted by atomic mass is 10.3. The number of nitrogens with one attached hydrogen (secondary N) is 4. The summed E-state index contributed by atoms with van der Waals surface area (Å²) in [5, 5.41) is 13.4. The number of hydrogen-bond acceptors (Lipinski definition) is 4. The molecular formula is C15H34N4. The van der Waals surface area contributed by atoms with E-state index in [9.17, 15) is 0 Å². The maximum absolute atomic E-state index is 3.49. The Labute approximate surface area is 119 Å².